The van der Waals surface area contributed by atoms with Crippen LogP contribution in [0.1, 0.15) is 22.1 Å². The highest BCUT2D eigenvalue weighted by molar-refractivity contribution is 9.10. The Morgan fingerprint density at radius 1 is 1.03 bits per heavy atom. The number of hydrogen-bond acceptors (Lipinski definition) is 6. The Labute approximate surface area is 192 Å². The molecule has 0 unspecified atom stereocenters. The minimum atomic E-state index is -0.256. The van der Waals surface area contributed by atoms with Gasteiger partial charge in [-0.15, -0.1) is 0 Å². The van der Waals surface area contributed by atoms with Gasteiger partial charge in [0, 0.05) is 26.9 Å². The molecule has 31 heavy (non-hydrogen) atoms. The van der Waals surface area contributed by atoms with Crippen LogP contribution in [0.3, 0.4) is 0 Å². The summed E-state index contributed by atoms with van der Waals surface area (Å²) in [5.41, 5.74) is 1.13. The maximum absolute atomic E-state index is 12.8. The number of nitrogens with zero attached hydrogens (tertiary/aromatic N) is 2. The van der Waals surface area contributed by atoms with E-state index in [1.54, 1.807) is 36.9 Å². The van der Waals surface area contributed by atoms with Gasteiger partial charge in [0.2, 0.25) is 11.7 Å². The molecule has 0 radical (unpaired) electrons. The molecule has 0 bridgehead atoms. The fourth-order valence-corrected chi connectivity index (χ4v) is 3.85. The van der Waals surface area contributed by atoms with Crippen LogP contribution in [0.4, 0.5) is 5.69 Å². The van der Waals surface area contributed by atoms with Gasteiger partial charge in [-0.25, -0.2) is 0 Å². The summed E-state index contributed by atoms with van der Waals surface area (Å²) < 4.78 is 11.7. The smallest absolute Gasteiger partial charge is 0.259 e. The molecule has 0 saturated carbocycles. The zero-order valence-corrected chi connectivity index (χ0v) is 18.9. The second kappa shape index (κ2) is 9.80. The Morgan fingerprint density at radius 3 is 2.39 bits per heavy atom. The number of para-hydroxylation sites is 1. The van der Waals surface area contributed by atoms with E-state index in [9.17, 15) is 4.79 Å². The molecule has 1 amide bonds. The predicted octanol–water partition coefficient (Wildman–Crippen LogP) is 6.12. The SMILES string of the molecule is Cc1nc(COc2ccccc2C(=O)Nc2ccc(Sc3ccc(Br)cc3)cc2)no1. The fraction of sp³-hybridized carbons (Fsp3) is 0.0870. The molecule has 4 rings (SSSR count). The topological polar surface area (TPSA) is 77.2 Å². The van der Waals surface area contributed by atoms with Gasteiger partial charge in [-0.3, -0.25) is 4.79 Å². The highest BCUT2D eigenvalue weighted by Crippen LogP contribution is 2.29. The molecule has 0 aliphatic carbocycles. The van der Waals surface area contributed by atoms with Crippen molar-refractivity contribution in [1.29, 1.82) is 0 Å². The first-order chi connectivity index (χ1) is 15.1. The van der Waals surface area contributed by atoms with E-state index in [4.69, 9.17) is 9.26 Å². The lowest BCUT2D eigenvalue weighted by molar-refractivity contribution is 0.102. The van der Waals surface area contributed by atoms with Gasteiger partial charge in [0.1, 0.15) is 5.75 Å². The molecule has 1 N–H and O–H groups in total. The van der Waals surface area contributed by atoms with Gasteiger partial charge in [-0.1, -0.05) is 45.0 Å². The Bertz CT molecular complexity index is 1180. The molecule has 1 aromatic heterocycles. The van der Waals surface area contributed by atoms with Crippen LogP contribution < -0.4 is 10.1 Å². The van der Waals surface area contributed by atoms with E-state index in [0.29, 0.717) is 28.7 Å². The summed E-state index contributed by atoms with van der Waals surface area (Å²) in [6, 6.07) is 22.9. The van der Waals surface area contributed by atoms with Gasteiger partial charge in [-0.05, 0) is 60.7 Å². The van der Waals surface area contributed by atoms with Crippen molar-refractivity contribution < 1.29 is 14.1 Å². The zero-order valence-electron chi connectivity index (χ0n) is 16.5. The number of hydrogen-bond donors (Lipinski definition) is 1. The van der Waals surface area contributed by atoms with Crippen LogP contribution in [-0.2, 0) is 6.61 Å². The maximum Gasteiger partial charge on any atom is 0.259 e. The van der Waals surface area contributed by atoms with Crippen LogP contribution in [0, 0.1) is 6.92 Å². The summed E-state index contributed by atoms with van der Waals surface area (Å²) in [5.74, 6) is 1.08. The van der Waals surface area contributed by atoms with E-state index in [0.717, 1.165) is 14.3 Å². The molecular weight excluding hydrogens is 478 g/mol. The van der Waals surface area contributed by atoms with Crippen molar-refractivity contribution in [1.82, 2.24) is 10.1 Å². The molecule has 0 aliphatic heterocycles. The normalized spacial score (nSPS) is 10.6. The standard InChI is InChI=1S/C23H18BrN3O3S/c1-15-25-22(27-30-15)14-29-21-5-3-2-4-20(21)23(28)26-17-8-12-19(13-9-17)31-18-10-6-16(24)7-11-18/h2-13H,14H2,1H3,(H,26,28). The lowest BCUT2D eigenvalue weighted by atomic mass is 10.2. The Morgan fingerprint density at radius 2 is 1.71 bits per heavy atom. The van der Waals surface area contributed by atoms with Gasteiger partial charge >= 0.3 is 0 Å². The molecule has 6 nitrogen and oxygen atoms in total. The third kappa shape index (κ3) is 5.74. The van der Waals surface area contributed by atoms with Gasteiger partial charge in [0.25, 0.3) is 5.91 Å². The third-order valence-electron chi connectivity index (χ3n) is 4.22. The minimum Gasteiger partial charge on any atom is -0.485 e. The van der Waals surface area contributed by atoms with Crippen LogP contribution in [-0.4, -0.2) is 16.0 Å². The number of amides is 1. The molecule has 0 fully saturated rings. The first kappa shape index (κ1) is 21.1. The Balaban J connectivity index is 1.40. The van der Waals surface area contributed by atoms with Gasteiger partial charge in [0.15, 0.2) is 6.61 Å². The van der Waals surface area contributed by atoms with Gasteiger partial charge in [-0.2, -0.15) is 4.98 Å². The second-order valence-electron chi connectivity index (χ2n) is 6.55. The third-order valence-corrected chi connectivity index (χ3v) is 5.76. The van der Waals surface area contributed by atoms with E-state index in [1.807, 2.05) is 42.5 Å². The van der Waals surface area contributed by atoms with E-state index in [-0.39, 0.29) is 12.5 Å². The second-order valence-corrected chi connectivity index (χ2v) is 8.61. The largest absolute Gasteiger partial charge is 0.485 e. The number of anilines is 1. The van der Waals surface area contributed by atoms with Crippen molar-refractivity contribution in [3.63, 3.8) is 0 Å². The highest BCUT2D eigenvalue weighted by atomic mass is 79.9. The average molecular weight is 496 g/mol. The summed E-state index contributed by atoms with van der Waals surface area (Å²) in [6.45, 7) is 1.82. The molecule has 1 heterocycles. The molecule has 0 aliphatic rings. The van der Waals surface area contributed by atoms with Crippen molar-refractivity contribution in [3.8, 4) is 5.75 Å². The lowest BCUT2D eigenvalue weighted by Crippen LogP contribution is -2.13. The first-order valence-electron chi connectivity index (χ1n) is 9.43. The average Bonchev–Trinajstić information content (AvgIpc) is 3.20. The maximum atomic E-state index is 12.8. The number of carbonyl (C=O) groups is 1. The fourth-order valence-electron chi connectivity index (χ4n) is 2.77. The molecular formula is C23H18BrN3O3S. The number of ether oxygens (including phenoxy) is 1. The van der Waals surface area contributed by atoms with Crippen LogP contribution in [0.15, 0.2) is 91.6 Å². The summed E-state index contributed by atoms with van der Waals surface area (Å²) in [5, 5.41) is 6.71. The number of benzene rings is 3. The van der Waals surface area contributed by atoms with Crippen LogP contribution in [0.5, 0.6) is 5.75 Å². The van der Waals surface area contributed by atoms with Crippen molar-refractivity contribution in [2.45, 2.75) is 23.3 Å². The van der Waals surface area contributed by atoms with E-state index >= 15 is 0 Å². The molecule has 0 saturated heterocycles. The lowest BCUT2D eigenvalue weighted by Gasteiger charge is -2.11. The van der Waals surface area contributed by atoms with E-state index in [2.05, 4.69) is 43.5 Å². The van der Waals surface area contributed by atoms with Crippen LogP contribution >= 0.6 is 27.7 Å². The monoisotopic (exact) mass is 495 g/mol. The Kier molecular flexibility index (Phi) is 6.69. The number of rotatable bonds is 7. The molecule has 0 spiro atoms. The molecule has 4 aromatic rings. The Hall–Kier alpha value is -3.10. The zero-order chi connectivity index (χ0) is 21.6. The molecule has 156 valence electrons. The van der Waals surface area contributed by atoms with Crippen LogP contribution in [0.2, 0.25) is 0 Å². The van der Waals surface area contributed by atoms with Gasteiger partial charge < -0.3 is 14.6 Å². The van der Waals surface area contributed by atoms with Crippen LogP contribution in [0.25, 0.3) is 0 Å². The number of aryl methyl sites for hydroxylation is 1. The van der Waals surface area contributed by atoms with E-state index in [1.165, 1.54) is 0 Å². The number of carbonyl (C=O) groups excluding carboxylic acids is 1. The van der Waals surface area contributed by atoms with Crippen molar-refractivity contribution >= 4 is 39.3 Å². The van der Waals surface area contributed by atoms with Crippen molar-refractivity contribution in [2.24, 2.45) is 0 Å². The first-order valence-corrected chi connectivity index (χ1v) is 11.0. The predicted molar refractivity (Wildman–Crippen MR) is 122 cm³/mol. The molecule has 8 heteroatoms. The summed E-state index contributed by atoms with van der Waals surface area (Å²) >= 11 is 5.10. The highest BCUT2D eigenvalue weighted by Gasteiger charge is 2.14. The molecule has 0 atom stereocenters. The summed E-state index contributed by atoms with van der Waals surface area (Å²) in [7, 11) is 0. The van der Waals surface area contributed by atoms with Crippen molar-refractivity contribution in [3.05, 3.63) is 94.5 Å². The summed E-state index contributed by atoms with van der Waals surface area (Å²) in [4.78, 5) is 19.1. The quantitative estimate of drug-likeness (QED) is 0.332. The number of aromatic nitrogens is 2. The molecule has 3 aromatic carbocycles. The summed E-state index contributed by atoms with van der Waals surface area (Å²) in [6.07, 6.45) is 0. The van der Waals surface area contributed by atoms with Crippen molar-refractivity contribution in [2.75, 3.05) is 5.32 Å². The van der Waals surface area contributed by atoms with E-state index < -0.39 is 0 Å². The van der Waals surface area contributed by atoms with Gasteiger partial charge in [0.05, 0.1) is 5.56 Å². The number of nitrogens with one attached hydrogen (secondary N) is 1. The minimum absolute atomic E-state index is 0.115. The number of halogens is 1.